The molecule has 0 fully saturated rings. The summed E-state index contributed by atoms with van der Waals surface area (Å²) in [5.74, 6) is -0.934. The molecule has 3 rings (SSSR count). The van der Waals surface area contributed by atoms with Crippen LogP contribution in [0.2, 0.25) is 0 Å². The van der Waals surface area contributed by atoms with Gasteiger partial charge in [0.2, 0.25) is 5.95 Å². The van der Waals surface area contributed by atoms with E-state index < -0.39 is 5.97 Å². The van der Waals surface area contributed by atoms with Crippen LogP contribution < -0.4 is 5.56 Å². The van der Waals surface area contributed by atoms with Crippen LogP contribution in [0.25, 0.3) is 17.0 Å². The molecule has 25 heavy (non-hydrogen) atoms. The summed E-state index contributed by atoms with van der Waals surface area (Å²) in [5.41, 5.74) is 0.594. The third kappa shape index (κ3) is 3.17. The largest absolute Gasteiger partial charge is 0.478 e. The topological polar surface area (TPSA) is 119 Å². The monoisotopic (exact) mass is 344 g/mol. The molecule has 3 aromatic rings. The van der Waals surface area contributed by atoms with Gasteiger partial charge in [-0.1, -0.05) is 26.7 Å². The van der Waals surface area contributed by atoms with Crippen LogP contribution in [0.5, 0.6) is 0 Å². The number of fused-ring (bicyclic) bond motifs is 1. The van der Waals surface area contributed by atoms with Crippen molar-refractivity contribution in [2.24, 2.45) is 0 Å². The van der Waals surface area contributed by atoms with E-state index in [-0.39, 0.29) is 23.1 Å². The van der Waals surface area contributed by atoms with Gasteiger partial charge >= 0.3 is 5.97 Å². The van der Waals surface area contributed by atoms with E-state index >= 15 is 0 Å². The molecule has 9 heteroatoms. The van der Waals surface area contributed by atoms with E-state index in [0.717, 1.165) is 25.7 Å². The third-order valence-corrected chi connectivity index (χ3v) is 4.08. The van der Waals surface area contributed by atoms with E-state index in [0.29, 0.717) is 11.0 Å². The van der Waals surface area contributed by atoms with Crippen molar-refractivity contribution in [1.29, 1.82) is 0 Å². The van der Waals surface area contributed by atoms with Crippen molar-refractivity contribution in [3.63, 3.8) is 0 Å². The summed E-state index contributed by atoms with van der Waals surface area (Å²) >= 11 is 0. The van der Waals surface area contributed by atoms with Gasteiger partial charge in [-0.25, -0.2) is 14.5 Å². The van der Waals surface area contributed by atoms with E-state index in [2.05, 4.69) is 34.0 Å². The minimum absolute atomic E-state index is 0.0180. The number of aromatic nitrogens is 6. The van der Waals surface area contributed by atoms with Crippen LogP contribution in [0.15, 0.2) is 23.4 Å². The van der Waals surface area contributed by atoms with Gasteiger partial charge in [-0.15, -0.1) is 0 Å². The van der Waals surface area contributed by atoms with E-state index in [1.165, 1.54) is 17.1 Å². The van der Waals surface area contributed by atoms with Crippen molar-refractivity contribution < 1.29 is 9.90 Å². The molecule has 0 amide bonds. The Labute approximate surface area is 143 Å². The van der Waals surface area contributed by atoms with Crippen molar-refractivity contribution in [3.8, 4) is 5.95 Å². The zero-order valence-corrected chi connectivity index (χ0v) is 14.1. The number of aromatic carboxylic acids is 1. The molecular weight excluding hydrogens is 324 g/mol. The fourth-order valence-electron chi connectivity index (χ4n) is 2.95. The van der Waals surface area contributed by atoms with Crippen molar-refractivity contribution in [2.75, 3.05) is 0 Å². The highest BCUT2D eigenvalue weighted by Crippen LogP contribution is 2.22. The van der Waals surface area contributed by atoms with Crippen LogP contribution >= 0.6 is 0 Å². The first kappa shape index (κ1) is 16.9. The lowest BCUT2D eigenvalue weighted by Crippen LogP contribution is -2.19. The number of aromatic amines is 1. The van der Waals surface area contributed by atoms with E-state index in [9.17, 15) is 9.59 Å². The maximum absolute atomic E-state index is 12.6. The van der Waals surface area contributed by atoms with Crippen LogP contribution in [0.3, 0.4) is 0 Å². The van der Waals surface area contributed by atoms with E-state index in [1.807, 2.05) is 0 Å². The Balaban J connectivity index is 2.06. The number of carboxylic acids is 1. The number of nitrogens with zero attached hydrogens (tertiary/aromatic N) is 5. The molecule has 0 aliphatic heterocycles. The van der Waals surface area contributed by atoms with Crippen molar-refractivity contribution in [2.45, 2.75) is 45.6 Å². The minimum atomic E-state index is -1.09. The number of carboxylic acid groups (broad SMARTS) is 1. The van der Waals surface area contributed by atoms with Crippen LogP contribution in [0, 0.1) is 0 Å². The number of rotatable bonds is 7. The molecule has 132 valence electrons. The standard InChI is InChI=1S/C16H20N6O3/c1-3-5-11(6-4-2)22-13-12(8-18-22)19-16(20-14(13)23)21-9-10(7-17-21)15(24)25/h7-9,11H,3-6H2,1-2H3,(H,24,25)(H,19,20,23). The van der Waals surface area contributed by atoms with Gasteiger partial charge in [0.05, 0.1) is 24.0 Å². The lowest BCUT2D eigenvalue weighted by Gasteiger charge is -2.16. The summed E-state index contributed by atoms with van der Waals surface area (Å²) in [5, 5.41) is 17.3. The second-order valence-corrected chi connectivity index (χ2v) is 5.92. The smallest absolute Gasteiger partial charge is 0.338 e. The maximum Gasteiger partial charge on any atom is 0.338 e. The van der Waals surface area contributed by atoms with Crippen LogP contribution in [-0.4, -0.2) is 40.6 Å². The average Bonchev–Trinajstić information content (AvgIpc) is 3.22. The van der Waals surface area contributed by atoms with Crippen molar-refractivity contribution in [3.05, 3.63) is 34.5 Å². The van der Waals surface area contributed by atoms with Crippen LogP contribution in [0.1, 0.15) is 55.9 Å². The normalized spacial score (nSPS) is 11.5. The summed E-state index contributed by atoms with van der Waals surface area (Å²) < 4.78 is 2.99. The molecule has 0 aliphatic carbocycles. The molecule has 0 atom stereocenters. The average molecular weight is 344 g/mol. The zero-order valence-electron chi connectivity index (χ0n) is 14.1. The summed E-state index contributed by atoms with van der Waals surface area (Å²) in [6, 6.07) is 0.157. The van der Waals surface area contributed by atoms with Gasteiger partial charge in [-0.3, -0.25) is 14.5 Å². The Morgan fingerprint density at radius 3 is 2.56 bits per heavy atom. The summed E-state index contributed by atoms with van der Waals surface area (Å²) in [6.07, 6.45) is 7.94. The summed E-state index contributed by atoms with van der Waals surface area (Å²) in [6.45, 7) is 4.21. The number of H-pyrrole nitrogens is 1. The molecule has 0 radical (unpaired) electrons. The molecule has 3 heterocycles. The molecular formula is C16H20N6O3. The number of nitrogens with one attached hydrogen (secondary N) is 1. The molecule has 9 nitrogen and oxygen atoms in total. The molecule has 0 unspecified atom stereocenters. The highest BCUT2D eigenvalue weighted by Gasteiger charge is 2.18. The Morgan fingerprint density at radius 2 is 1.96 bits per heavy atom. The lowest BCUT2D eigenvalue weighted by atomic mass is 10.1. The minimum Gasteiger partial charge on any atom is -0.478 e. The summed E-state index contributed by atoms with van der Waals surface area (Å²) in [7, 11) is 0. The number of carbonyl (C=O) groups is 1. The van der Waals surface area contributed by atoms with Gasteiger partial charge in [-0.05, 0) is 12.8 Å². The van der Waals surface area contributed by atoms with Gasteiger partial charge in [0.15, 0.2) is 5.52 Å². The van der Waals surface area contributed by atoms with Gasteiger partial charge in [0.1, 0.15) is 5.52 Å². The molecule has 0 aliphatic rings. The molecule has 0 aromatic carbocycles. The quantitative estimate of drug-likeness (QED) is 0.678. The number of hydrogen-bond donors (Lipinski definition) is 2. The van der Waals surface area contributed by atoms with Crippen molar-refractivity contribution >= 4 is 17.0 Å². The SMILES string of the molecule is CCCC(CCC)n1ncc2nc(-n3cc(C(=O)O)cn3)[nH]c(=O)c21. The number of hydrogen-bond acceptors (Lipinski definition) is 5. The van der Waals surface area contributed by atoms with Crippen LogP contribution in [0.4, 0.5) is 0 Å². The van der Waals surface area contributed by atoms with Gasteiger partial charge in [0, 0.05) is 6.20 Å². The van der Waals surface area contributed by atoms with Crippen molar-refractivity contribution in [1.82, 2.24) is 29.5 Å². The van der Waals surface area contributed by atoms with E-state index in [4.69, 9.17) is 5.11 Å². The molecule has 3 aromatic heterocycles. The third-order valence-electron chi connectivity index (χ3n) is 4.08. The Bertz CT molecular complexity index is 948. The van der Waals surface area contributed by atoms with Gasteiger partial charge < -0.3 is 5.11 Å². The second-order valence-electron chi connectivity index (χ2n) is 5.92. The fourth-order valence-corrected chi connectivity index (χ4v) is 2.95. The first-order valence-corrected chi connectivity index (χ1v) is 8.31. The van der Waals surface area contributed by atoms with Gasteiger partial charge in [-0.2, -0.15) is 10.2 Å². The molecule has 0 saturated carbocycles. The fraction of sp³-hybridized carbons (Fsp3) is 0.438. The molecule has 2 N–H and O–H groups in total. The maximum atomic E-state index is 12.6. The second kappa shape index (κ2) is 6.88. The molecule has 0 spiro atoms. The molecule has 0 saturated heterocycles. The Morgan fingerprint density at radius 1 is 1.24 bits per heavy atom. The predicted octanol–water partition coefficient (Wildman–Crippen LogP) is 2.14. The first-order valence-electron chi connectivity index (χ1n) is 8.31. The Kier molecular flexibility index (Phi) is 4.64. The lowest BCUT2D eigenvalue weighted by molar-refractivity contribution is 0.0697. The highest BCUT2D eigenvalue weighted by molar-refractivity contribution is 5.87. The zero-order chi connectivity index (χ0) is 18.0. The Hall–Kier alpha value is -2.97. The van der Waals surface area contributed by atoms with Gasteiger partial charge in [0.25, 0.3) is 5.56 Å². The van der Waals surface area contributed by atoms with E-state index in [1.54, 1.807) is 10.9 Å². The van der Waals surface area contributed by atoms with Crippen LogP contribution in [-0.2, 0) is 0 Å². The first-order chi connectivity index (χ1) is 12.0. The predicted molar refractivity (Wildman–Crippen MR) is 91.1 cm³/mol. The highest BCUT2D eigenvalue weighted by atomic mass is 16.4. The molecule has 0 bridgehead atoms. The summed E-state index contributed by atoms with van der Waals surface area (Å²) in [4.78, 5) is 30.6.